The molecule has 1 fully saturated rings. The van der Waals surface area contributed by atoms with Crippen molar-refractivity contribution in [1.82, 2.24) is 10.2 Å². The summed E-state index contributed by atoms with van der Waals surface area (Å²) in [5, 5.41) is 3.01. The molecule has 1 saturated heterocycles. The maximum Gasteiger partial charge on any atom is 0.258 e. The second-order valence-corrected chi connectivity index (χ2v) is 6.66. The minimum atomic E-state index is -0.305. The van der Waals surface area contributed by atoms with Gasteiger partial charge in [-0.15, -0.1) is 0 Å². The van der Waals surface area contributed by atoms with Crippen LogP contribution < -0.4 is 15.8 Å². The van der Waals surface area contributed by atoms with Crippen LogP contribution in [0.1, 0.15) is 30.4 Å². The van der Waals surface area contributed by atoms with Crippen molar-refractivity contribution in [2.24, 2.45) is 5.73 Å². The molecule has 2 aliphatic rings. The lowest BCUT2D eigenvalue weighted by Crippen LogP contribution is -2.47. The molecule has 0 aromatic heterocycles. The maximum atomic E-state index is 12.1. The number of nitrogens with zero attached hydrogens (tertiary/aromatic N) is 1. The van der Waals surface area contributed by atoms with E-state index >= 15 is 0 Å². The second-order valence-electron chi connectivity index (χ2n) is 6.66. The molecule has 1 aliphatic heterocycles. The highest BCUT2D eigenvalue weighted by Crippen LogP contribution is 2.25. The van der Waals surface area contributed by atoms with E-state index in [1.54, 1.807) is 0 Å². The van der Waals surface area contributed by atoms with Crippen LogP contribution in [0.2, 0.25) is 0 Å². The highest BCUT2D eigenvalue weighted by molar-refractivity contribution is 5.78. The number of primary amides is 1. The molecule has 1 aromatic rings. The highest BCUT2D eigenvalue weighted by atomic mass is 16.5. The van der Waals surface area contributed by atoms with Gasteiger partial charge in [0.25, 0.3) is 5.91 Å². The molecule has 6 nitrogen and oxygen atoms in total. The summed E-state index contributed by atoms with van der Waals surface area (Å²) in [6.45, 7) is 1.89. The average molecular weight is 331 g/mol. The molecular formula is C18H25N3O3. The van der Waals surface area contributed by atoms with Gasteiger partial charge in [0, 0.05) is 19.1 Å². The Morgan fingerprint density at radius 3 is 2.71 bits per heavy atom. The minimum Gasteiger partial charge on any atom is -0.484 e. The first kappa shape index (κ1) is 16.8. The molecule has 2 amide bonds. The van der Waals surface area contributed by atoms with Crippen LogP contribution in [0.25, 0.3) is 0 Å². The predicted molar refractivity (Wildman–Crippen MR) is 90.8 cm³/mol. The quantitative estimate of drug-likeness (QED) is 0.800. The number of likely N-dealkylation sites (tertiary alicyclic amines) is 1. The van der Waals surface area contributed by atoms with Gasteiger partial charge in [0.15, 0.2) is 6.61 Å². The summed E-state index contributed by atoms with van der Waals surface area (Å²) < 4.78 is 5.62. The molecule has 24 heavy (non-hydrogen) atoms. The van der Waals surface area contributed by atoms with Crippen LogP contribution in [-0.2, 0) is 22.4 Å². The van der Waals surface area contributed by atoms with Crippen molar-refractivity contribution in [2.75, 3.05) is 26.2 Å². The van der Waals surface area contributed by atoms with Crippen LogP contribution in [0.15, 0.2) is 18.2 Å². The Labute approximate surface area is 142 Å². The van der Waals surface area contributed by atoms with E-state index in [0.717, 1.165) is 44.5 Å². The van der Waals surface area contributed by atoms with E-state index in [2.05, 4.69) is 17.4 Å². The van der Waals surface area contributed by atoms with E-state index in [1.165, 1.54) is 17.5 Å². The Morgan fingerprint density at radius 1 is 1.21 bits per heavy atom. The Bertz CT molecular complexity index is 610. The number of piperidine rings is 1. The number of fused-ring (bicyclic) bond motifs is 1. The number of nitrogens with one attached hydrogen (secondary N) is 1. The van der Waals surface area contributed by atoms with Gasteiger partial charge in [-0.05, 0) is 55.4 Å². The molecule has 0 spiro atoms. The molecule has 3 rings (SSSR count). The first-order chi connectivity index (χ1) is 11.6. The van der Waals surface area contributed by atoms with Crippen LogP contribution >= 0.6 is 0 Å². The van der Waals surface area contributed by atoms with Crippen molar-refractivity contribution < 1.29 is 14.3 Å². The molecular weight excluding hydrogens is 306 g/mol. The van der Waals surface area contributed by atoms with E-state index in [-0.39, 0.29) is 24.5 Å². The summed E-state index contributed by atoms with van der Waals surface area (Å²) in [5.41, 5.74) is 7.94. The number of benzene rings is 1. The zero-order chi connectivity index (χ0) is 16.9. The minimum absolute atomic E-state index is 0.0420. The normalized spacial score (nSPS) is 18.2. The summed E-state index contributed by atoms with van der Waals surface area (Å²) >= 11 is 0. The van der Waals surface area contributed by atoms with Gasteiger partial charge in [-0.25, -0.2) is 0 Å². The van der Waals surface area contributed by atoms with Gasteiger partial charge in [-0.3, -0.25) is 14.5 Å². The van der Waals surface area contributed by atoms with Crippen molar-refractivity contribution in [3.05, 3.63) is 29.3 Å². The van der Waals surface area contributed by atoms with Gasteiger partial charge in [0.1, 0.15) is 5.75 Å². The van der Waals surface area contributed by atoms with Gasteiger partial charge >= 0.3 is 0 Å². The van der Waals surface area contributed by atoms with Crippen molar-refractivity contribution in [1.29, 1.82) is 0 Å². The molecule has 0 saturated carbocycles. The maximum absolute atomic E-state index is 12.1. The highest BCUT2D eigenvalue weighted by Gasteiger charge is 2.21. The zero-order valence-corrected chi connectivity index (χ0v) is 13.9. The number of hydrogen-bond acceptors (Lipinski definition) is 4. The molecule has 0 atom stereocenters. The van der Waals surface area contributed by atoms with Crippen LogP contribution in [0.4, 0.5) is 0 Å². The molecule has 0 unspecified atom stereocenters. The van der Waals surface area contributed by atoms with Crippen LogP contribution in [0.5, 0.6) is 5.75 Å². The lowest BCUT2D eigenvalue weighted by molar-refractivity contribution is -0.124. The van der Waals surface area contributed by atoms with E-state index in [9.17, 15) is 9.59 Å². The number of hydrogen-bond donors (Lipinski definition) is 2. The standard InChI is InChI=1S/C18H25N3O3/c19-17(22)11-21-8-6-15(7-9-21)20-18(23)12-24-16-5-4-13-2-1-3-14(13)10-16/h4-5,10,15H,1-3,6-9,11-12H2,(H2,19,22)(H,20,23). The molecule has 130 valence electrons. The average Bonchev–Trinajstić information content (AvgIpc) is 3.02. The number of aryl methyl sites for hydroxylation is 2. The number of amides is 2. The Hall–Kier alpha value is -2.08. The van der Waals surface area contributed by atoms with E-state index in [0.29, 0.717) is 6.54 Å². The van der Waals surface area contributed by atoms with Crippen LogP contribution in [-0.4, -0.2) is 49.0 Å². The smallest absolute Gasteiger partial charge is 0.258 e. The Kier molecular flexibility index (Phi) is 5.35. The number of nitrogens with two attached hydrogens (primary N) is 1. The summed E-state index contributed by atoms with van der Waals surface area (Å²) in [4.78, 5) is 25.0. The van der Waals surface area contributed by atoms with Crippen molar-refractivity contribution in [3.63, 3.8) is 0 Å². The third kappa shape index (κ3) is 4.47. The Morgan fingerprint density at radius 2 is 1.96 bits per heavy atom. The summed E-state index contributed by atoms with van der Waals surface area (Å²) in [7, 11) is 0. The second kappa shape index (κ2) is 7.66. The largest absolute Gasteiger partial charge is 0.484 e. The van der Waals surface area contributed by atoms with Crippen LogP contribution in [0, 0.1) is 0 Å². The van der Waals surface area contributed by atoms with Crippen molar-refractivity contribution in [2.45, 2.75) is 38.1 Å². The number of rotatable bonds is 6. The predicted octanol–water partition coefficient (Wildman–Crippen LogP) is 0.620. The third-order valence-corrected chi connectivity index (χ3v) is 4.77. The zero-order valence-electron chi connectivity index (χ0n) is 13.9. The fourth-order valence-electron chi connectivity index (χ4n) is 3.51. The summed E-state index contributed by atoms with van der Waals surface area (Å²) in [6.07, 6.45) is 5.11. The lowest BCUT2D eigenvalue weighted by atomic mass is 10.1. The van der Waals surface area contributed by atoms with Crippen molar-refractivity contribution >= 4 is 11.8 Å². The summed E-state index contributed by atoms with van der Waals surface area (Å²) in [5.74, 6) is 0.367. The van der Waals surface area contributed by atoms with Gasteiger partial charge in [-0.2, -0.15) is 0 Å². The Balaban J connectivity index is 1.39. The monoisotopic (exact) mass is 331 g/mol. The molecule has 1 aromatic carbocycles. The van der Waals surface area contributed by atoms with Crippen molar-refractivity contribution in [3.8, 4) is 5.75 Å². The van der Waals surface area contributed by atoms with Gasteiger partial charge in [0.05, 0.1) is 6.54 Å². The van der Waals surface area contributed by atoms with E-state index < -0.39 is 0 Å². The third-order valence-electron chi connectivity index (χ3n) is 4.77. The molecule has 1 heterocycles. The molecule has 6 heteroatoms. The van der Waals surface area contributed by atoms with Gasteiger partial charge < -0.3 is 15.8 Å². The molecule has 0 bridgehead atoms. The molecule has 0 radical (unpaired) electrons. The van der Waals surface area contributed by atoms with Gasteiger partial charge in [-0.1, -0.05) is 6.07 Å². The number of carbonyl (C=O) groups excluding carboxylic acids is 2. The topological polar surface area (TPSA) is 84.7 Å². The van der Waals surface area contributed by atoms with Gasteiger partial charge in [0.2, 0.25) is 5.91 Å². The fourth-order valence-corrected chi connectivity index (χ4v) is 3.51. The first-order valence-electron chi connectivity index (χ1n) is 8.65. The first-order valence-corrected chi connectivity index (χ1v) is 8.65. The molecule has 1 aliphatic carbocycles. The van der Waals surface area contributed by atoms with Crippen LogP contribution in [0.3, 0.4) is 0 Å². The summed E-state index contributed by atoms with van der Waals surface area (Å²) in [6, 6.07) is 6.24. The SMILES string of the molecule is NC(=O)CN1CCC(NC(=O)COc2ccc3c(c2)CCC3)CC1. The number of carbonyl (C=O) groups is 2. The lowest BCUT2D eigenvalue weighted by Gasteiger charge is -2.31. The number of ether oxygens (including phenoxy) is 1. The van der Waals surface area contributed by atoms with E-state index in [1.807, 2.05) is 11.0 Å². The fraction of sp³-hybridized carbons (Fsp3) is 0.556. The van der Waals surface area contributed by atoms with E-state index in [4.69, 9.17) is 10.5 Å². The molecule has 3 N–H and O–H groups in total.